The van der Waals surface area contributed by atoms with Gasteiger partial charge in [0.05, 0.1) is 4.47 Å². The number of benzene rings is 1. The highest BCUT2D eigenvalue weighted by atomic mass is 79.9. The molecule has 2 rings (SSSR count). The van der Waals surface area contributed by atoms with Crippen molar-refractivity contribution < 1.29 is 8.78 Å². The zero-order valence-corrected chi connectivity index (χ0v) is 12.6. The number of likely N-dealkylation sites (tertiary alicyclic amines) is 1. The van der Waals surface area contributed by atoms with Gasteiger partial charge in [0, 0.05) is 24.7 Å². The number of hydrogen-bond acceptors (Lipinski definition) is 2. The van der Waals surface area contributed by atoms with E-state index < -0.39 is 11.6 Å². The van der Waals surface area contributed by atoms with E-state index in [0.29, 0.717) is 16.9 Å². The minimum Gasteiger partial charge on any atom is -0.329 e. The predicted octanol–water partition coefficient (Wildman–Crippen LogP) is 3.29. The first-order valence-corrected chi connectivity index (χ1v) is 7.40. The molecule has 2 unspecified atom stereocenters. The lowest BCUT2D eigenvalue weighted by Crippen LogP contribution is -2.48. The molecular formula is C14H19BrF2N2. The van der Waals surface area contributed by atoms with Gasteiger partial charge < -0.3 is 5.73 Å². The molecule has 1 aromatic rings. The van der Waals surface area contributed by atoms with Crippen molar-refractivity contribution in [3.63, 3.8) is 0 Å². The van der Waals surface area contributed by atoms with Gasteiger partial charge in [-0.25, -0.2) is 8.78 Å². The molecule has 19 heavy (non-hydrogen) atoms. The van der Waals surface area contributed by atoms with E-state index in [1.807, 2.05) is 0 Å². The maximum absolute atomic E-state index is 14.0. The summed E-state index contributed by atoms with van der Waals surface area (Å²) in [5.41, 5.74) is 5.93. The third-order valence-corrected chi connectivity index (χ3v) is 4.58. The van der Waals surface area contributed by atoms with Crippen LogP contribution in [-0.2, 0) is 6.54 Å². The second kappa shape index (κ2) is 6.29. The molecule has 106 valence electrons. The van der Waals surface area contributed by atoms with Crippen molar-refractivity contribution >= 4 is 15.9 Å². The molecule has 0 radical (unpaired) electrons. The fourth-order valence-corrected chi connectivity index (χ4v) is 3.20. The average molecular weight is 333 g/mol. The Morgan fingerprint density at radius 1 is 1.42 bits per heavy atom. The molecule has 2 nitrogen and oxygen atoms in total. The molecule has 1 aromatic carbocycles. The fourth-order valence-electron chi connectivity index (χ4n) is 2.83. The number of halogens is 3. The molecule has 1 saturated heterocycles. The Hall–Kier alpha value is -0.520. The summed E-state index contributed by atoms with van der Waals surface area (Å²) in [5.74, 6) is -0.527. The van der Waals surface area contributed by atoms with Crippen molar-refractivity contribution in [2.75, 3.05) is 13.1 Å². The maximum atomic E-state index is 14.0. The van der Waals surface area contributed by atoms with Gasteiger partial charge in [0.15, 0.2) is 0 Å². The van der Waals surface area contributed by atoms with Crippen LogP contribution in [0.1, 0.15) is 25.3 Å². The second-order valence-corrected chi connectivity index (χ2v) is 6.07. The van der Waals surface area contributed by atoms with Crippen LogP contribution in [-0.4, -0.2) is 24.0 Å². The summed E-state index contributed by atoms with van der Waals surface area (Å²) in [6, 6.07) is 2.90. The number of hydrogen-bond donors (Lipinski definition) is 1. The van der Waals surface area contributed by atoms with Gasteiger partial charge in [-0.1, -0.05) is 6.92 Å². The van der Waals surface area contributed by atoms with Gasteiger partial charge in [-0.05, 0) is 53.4 Å². The molecule has 0 aliphatic carbocycles. The van der Waals surface area contributed by atoms with E-state index in [0.717, 1.165) is 19.4 Å². The van der Waals surface area contributed by atoms with Gasteiger partial charge in [-0.3, -0.25) is 4.90 Å². The van der Waals surface area contributed by atoms with Crippen LogP contribution in [0.15, 0.2) is 16.6 Å². The topological polar surface area (TPSA) is 29.3 Å². The highest BCUT2D eigenvalue weighted by molar-refractivity contribution is 9.10. The predicted molar refractivity (Wildman–Crippen MR) is 75.7 cm³/mol. The molecule has 1 aliphatic rings. The van der Waals surface area contributed by atoms with E-state index in [2.05, 4.69) is 27.8 Å². The minimum absolute atomic E-state index is 0.127. The molecule has 1 aliphatic heterocycles. The van der Waals surface area contributed by atoms with Gasteiger partial charge in [0.1, 0.15) is 11.6 Å². The number of nitrogens with two attached hydrogens (primary N) is 1. The smallest absolute Gasteiger partial charge is 0.144 e. The first kappa shape index (κ1) is 14.9. The summed E-state index contributed by atoms with van der Waals surface area (Å²) in [5, 5.41) is 0. The van der Waals surface area contributed by atoms with Crippen molar-refractivity contribution in [3.05, 3.63) is 33.8 Å². The first-order chi connectivity index (χ1) is 9.04. The number of rotatable bonds is 3. The number of nitrogens with zero attached hydrogens (tertiary/aromatic N) is 1. The third-order valence-electron chi connectivity index (χ3n) is 3.97. The Morgan fingerprint density at radius 2 is 2.16 bits per heavy atom. The van der Waals surface area contributed by atoms with Crippen LogP contribution in [0, 0.1) is 17.6 Å². The molecule has 0 aromatic heterocycles. The van der Waals surface area contributed by atoms with Gasteiger partial charge in [0.25, 0.3) is 0 Å². The highest BCUT2D eigenvalue weighted by Gasteiger charge is 2.28. The molecule has 2 atom stereocenters. The largest absolute Gasteiger partial charge is 0.329 e. The normalized spacial score (nSPS) is 24.7. The SMILES string of the molecule is CC1CCCN(Cc2c(F)ccc(Br)c2F)C1CN. The standard InChI is InChI=1S/C14H19BrF2N2/c1-9-3-2-6-19(13(9)7-18)8-10-12(16)5-4-11(15)14(10)17/h4-5,9,13H,2-3,6-8,18H2,1H3. The van der Waals surface area contributed by atoms with Crippen LogP contribution in [0.3, 0.4) is 0 Å². The molecule has 0 bridgehead atoms. The lowest BCUT2D eigenvalue weighted by molar-refractivity contribution is 0.0965. The zero-order chi connectivity index (χ0) is 14.0. The highest BCUT2D eigenvalue weighted by Crippen LogP contribution is 2.28. The molecule has 0 saturated carbocycles. The van der Waals surface area contributed by atoms with E-state index in [1.54, 1.807) is 0 Å². The van der Waals surface area contributed by atoms with E-state index >= 15 is 0 Å². The summed E-state index contributed by atoms with van der Waals surface area (Å²) in [6.45, 7) is 3.80. The van der Waals surface area contributed by atoms with Gasteiger partial charge in [0.2, 0.25) is 0 Å². The van der Waals surface area contributed by atoms with Crippen molar-refractivity contribution in [1.29, 1.82) is 0 Å². The summed E-state index contributed by atoms with van der Waals surface area (Å²) in [6.07, 6.45) is 2.18. The summed E-state index contributed by atoms with van der Waals surface area (Å²) >= 11 is 3.10. The fraction of sp³-hybridized carbons (Fsp3) is 0.571. The zero-order valence-electron chi connectivity index (χ0n) is 11.0. The molecular weight excluding hydrogens is 314 g/mol. The lowest BCUT2D eigenvalue weighted by Gasteiger charge is -2.39. The van der Waals surface area contributed by atoms with Gasteiger partial charge in [-0.2, -0.15) is 0 Å². The van der Waals surface area contributed by atoms with E-state index in [-0.39, 0.29) is 18.2 Å². The second-order valence-electron chi connectivity index (χ2n) is 5.21. The van der Waals surface area contributed by atoms with Crippen molar-refractivity contribution in [3.8, 4) is 0 Å². The van der Waals surface area contributed by atoms with Crippen LogP contribution >= 0.6 is 15.9 Å². The summed E-state index contributed by atoms with van der Waals surface area (Å²) in [4.78, 5) is 2.10. The summed E-state index contributed by atoms with van der Waals surface area (Å²) in [7, 11) is 0. The minimum atomic E-state index is -0.506. The quantitative estimate of drug-likeness (QED) is 0.860. The summed E-state index contributed by atoms with van der Waals surface area (Å²) < 4.78 is 28.1. The molecule has 2 N–H and O–H groups in total. The molecule has 5 heteroatoms. The monoisotopic (exact) mass is 332 g/mol. The lowest BCUT2D eigenvalue weighted by atomic mass is 9.90. The molecule has 1 fully saturated rings. The molecule has 0 amide bonds. The van der Waals surface area contributed by atoms with E-state index in [9.17, 15) is 8.78 Å². The van der Waals surface area contributed by atoms with Crippen molar-refractivity contribution in [2.45, 2.75) is 32.4 Å². The Morgan fingerprint density at radius 3 is 2.84 bits per heavy atom. The Labute approximate surface area is 121 Å². The average Bonchev–Trinajstić information content (AvgIpc) is 2.39. The Balaban J connectivity index is 2.22. The van der Waals surface area contributed by atoms with E-state index in [1.165, 1.54) is 12.1 Å². The maximum Gasteiger partial charge on any atom is 0.144 e. The Kier molecular flexibility index (Phi) is 4.92. The van der Waals surface area contributed by atoms with Crippen LogP contribution in [0.25, 0.3) is 0 Å². The van der Waals surface area contributed by atoms with Crippen molar-refractivity contribution in [2.24, 2.45) is 11.7 Å². The third kappa shape index (κ3) is 3.15. The van der Waals surface area contributed by atoms with Gasteiger partial charge in [-0.15, -0.1) is 0 Å². The van der Waals surface area contributed by atoms with Crippen LogP contribution in [0.2, 0.25) is 0 Å². The van der Waals surface area contributed by atoms with Crippen molar-refractivity contribution in [1.82, 2.24) is 4.90 Å². The van der Waals surface area contributed by atoms with Crippen LogP contribution in [0.4, 0.5) is 8.78 Å². The Bertz CT molecular complexity index is 453. The first-order valence-electron chi connectivity index (χ1n) is 6.61. The van der Waals surface area contributed by atoms with E-state index in [4.69, 9.17) is 5.73 Å². The van der Waals surface area contributed by atoms with Gasteiger partial charge >= 0.3 is 0 Å². The van der Waals surface area contributed by atoms with Crippen LogP contribution in [0.5, 0.6) is 0 Å². The molecule has 0 spiro atoms. The van der Waals surface area contributed by atoms with Crippen LogP contribution < -0.4 is 5.73 Å². The number of piperidine rings is 1. The molecule has 1 heterocycles.